The van der Waals surface area contributed by atoms with Crippen molar-refractivity contribution < 1.29 is 4.79 Å². The molecule has 0 aromatic heterocycles. The minimum Gasteiger partial charge on any atom is -0.354 e. The van der Waals surface area contributed by atoms with Gasteiger partial charge in [-0.05, 0) is 33.5 Å². The summed E-state index contributed by atoms with van der Waals surface area (Å²) < 4.78 is 0. The number of carbonyl (C=O) groups excluding carboxylic acids is 1. The first-order valence-electron chi connectivity index (χ1n) is 4.24. The van der Waals surface area contributed by atoms with Gasteiger partial charge in [0.15, 0.2) is 4.84 Å². The fourth-order valence-corrected chi connectivity index (χ4v) is 0.996. The third-order valence-electron chi connectivity index (χ3n) is 1.53. The molecule has 78 valence electrons. The average molecular weight is 227 g/mol. The molecule has 0 aromatic rings. The second-order valence-corrected chi connectivity index (χ2v) is 4.20. The molecule has 0 aliphatic carbocycles. The summed E-state index contributed by atoms with van der Waals surface area (Å²) in [4.78, 5) is 12.0. The Morgan fingerprint density at radius 1 is 1.38 bits per heavy atom. The van der Waals surface area contributed by atoms with Crippen LogP contribution >= 0.6 is 23.2 Å². The molecule has 0 atom stereocenters. The van der Waals surface area contributed by atoms with Crippen LogP contribution in [0.5, 0.6) is 0 Å². The smallest absolute Gasteiger partial charge is 0.253 e. The molecule has 0 fully saturated rings. The van der Waals surface area contributed by atoms with Crippen LogP contribution in [0.15, 0.2) is 0 Å². The first kappa shape index (κ1) is 13.0. The van der Waals surface area contributed by atoms with E-state index in [1.807, 2.05) is 14.1 Å². The van der Waals surface area contributed by atoms with Crippen molar-refractivity contribution >= 4 is 29.1 Å². The van der Waals surface area contributed by atoms with Crippen molar-refractivity contribution in [2.45, 2.75) is 17.7 Å². The Hall–Kier alpha value is 0.01000. The molecule has 0 aromatic carbocycles. The number of carbonyl (C=O) groups is 1. The zero-order chi connectivity index (χ0) is 10.3. The van der Waals surface area contributed by atoms with Crippen LogP contribution in [-0.4, -0.2) is 42.8 Å². The van der Waals surface area contributed by atoms with Gasteiger partial charge in [-0.1, -0.05) is 23.2 Å². The lowest BCUT2D eigenvalue weighted by Gasteiger charge is -2.09. The van der Waals surface area contributed by atoms with Gasteiger partial charge in [0.1, 0.15) is 0 Å². The molecule has 1 N–H and O–H groups in total. The van der Waals surface area contributed by atoms with Crippen molar-refractivity contribution in [1.29, 1.82) is 0 Å². The van der Waals surface area contributed by atoms with Gasteiger partial charge in [0.05, 0.1) is 0 Å². The second kappa shape index (κ2) is 7.42. The Kier molecular flexibility index (Phi) is 7.42. The number of nitrogens with zero attached hydrogens (tertiary/aromatic N) is 1. The Bertz CT molecular complexity index is 151. The maximum atomic E-state index is 10.9. The molecule has 0 heterocycles. The van der Waals surface area contributed by atoms with Gasteiger partial charge in [0, 0.05) is 6.54 Å². The van der Waals surface area contributed by atoms with E-state index in [1.54, 1.807) is 0 Å². The molecular formula is C8H16Cl2N2O. The quantitative estimate of drug-likeness (QED) is 0.547. The molecule has 0 radical (unpaired) electrons. The summed E-state index contributed by atoms with van der Waals surface area (Å²) in [5.74, 6) is -0.312. The molecule has 0 saturated heterocycles. The topological polar surface area (TPSA) is 32.3 Å². The van der Waals surface area contributed by atoms with Crippen LogP contribution in [0.4, 0.5) is 0 Å². The van der Waals surface area contributed by atoms with Crippen LogP contribution in [0.1, 0.15) is 12.8 Å². The third kappa shape index (κ3) is 8.34. The predicted octanol–water partition coefficient (Wildman–Crippen LogP) is 1.25. The van der Waals surface area contributed by atoms with Gasteiger partial charge in [-0.3, -0.25) is 4.79 Å². The van der Waals surface area contributed by atoms with E-state index >= 15 is 0 Å². The molecule has 1 amide bonds. The van der Waals surface area contributed by atoms with E-state index in [-0.39, 0.29) is 5.91 Å². The van der Waals surface area contributed by atoms with Gasteiger partial charge < -0.3 is 10.2 Å². The zero-order valence-electron chi connectivity index (χ0n) is 8.02. The monoisotopic (exact) mass is 226 g/mol. The van der Waals surface area contributed by atoms with Crippen molar-refractivity contribution in [3.63, 3.8) is 0 Å². The Balaban J connectivity index is 3.21. The maximum absolute atomic E-state index is 10.9. The summed E-state index contributed by atoms with van der Waals surface area (Å²) in [6.07, 6.45) is 2.01. The SMILES string of the molecule is CN(C)CCCCNC(=O)C(Cl)Cl. The number of halogens is 2. The largest absolute Gasteiger partial charge is 0.354 e. The van der Waals surface area contributed by atoms with E-state index in [2.05, 4.69) is 10.2 Å². The second-order valence-electron chi connectivity index (χ2n) is 3.10. The number of unbranched alkanes of at least 4 members (excludes halogenated alkanes) is 1. The third-order valence-corrected chi connectivity index (χ3v) is 1.93. The highest BCUT2D eigenvalue weighted by molar-refractivity contribution is 6.53. The standard InChI is InChI=1S/C8H16Cl2N2O/c1-12(2)6-4-3-5-11-8(13)7(9)10/h7H,3-6H2,1-2H3,(H,11,13). The van der Waals surface area contributed by atoms with E-state index in [1.165, 1.54) is 0 Å². The zero-order valence-corrected chi connectivity index (χ0v) is 9.53. The Morgan fingerprint density at radius 2 is 2.00 bits per heavy atom. The molecule has 5 heteroatoms. The normalized spacial score (nSPS) is 10.9. The van der Waals surface area contributed by atoms with Gasteiger partial charge in [0.2, 0.25) is 0 Å². The summed E-state index contributed by atoms with van der Waals surface area (Å²) in [5.41, 5.74) is 0. The number of alkyl halides is 2. The first-order chi connectivity index (χ1) is 6.04. The van der Waals surface area contributed by atoms with Crippen LogP contribution in [0.25, 0.3) is 0 Å². The molecule has 0 bridgehead atoms. The summed E-state index contributed by atoms with van der Waals surface area (Å²) in [6, 6.07) is 0. The highest BCUT2D eigenvalue weighted by atomic mass is 35.5. The van der Waals surface area contributed by atoms with Gasteiger partial charge in [-0.25, -0.2) is 0 Å². The number of hydrogen-bond acceptors (Lipinski definition) is 2. The molecule has 0 aliphatic rings. The lowest BCUT2D eigenvalue weighted by atomic mass is 10.3. The van der Waals surface area contributed by atoms with Gasteiger partial charge in [0.25, 0.3) is 5.91 Å². The van der Waals surface area contributed by atoms with E-state index < -0.39 is 4.84 Å². The summed E-state index contributed by atoms with van der Waals surface area (Å²) >= 11 is 10.7. The average Bonchev–Trinajstić information content (AvgIpc) is 2.02. The van der Waals surface area contributed by atoms with Crippen LogP contribution in [0.3, 0.4) is 0 Å². The van der Waals surface area contributed by atoms with Crippen molar-refractivity contribution in [2.24, 2.45) is 0 Å². The van der Waals surface area contributed by atoms with Gasteiger partial charge >= 0.3 is 0 Å². The van der Waals surface area contributed by atoms with Crippen molar-refractivity contribution in [2.75, 3.05) is 27.2 Å². The van der Waals surface area contributed by atoms with Gasteiger partial charge in [-0.2, -0.15) is 0 Å². The fourth-order valence-electron chi connectivity index (χ4n) is 0.842. The van der Waals surface area contributed by atoms with Crippen molar-refractivity contribution in [3.05, 3.63) is 0 Å². The predicted molar refractivity (Wildman–Crippen MR) is 56.3 cm³/mol. The summed E-state index contributed by atoms with van der Waals surface area (Å²) in [6.45, 7) is 1.67. The number of nitrogens with one attached hydrogen (secondary N) is 1. The molecule has 0 saturated carbocycles. The molecule has 3 nitrogen and oxygen atoms in total. The number of amides is 1. The molecule has 0 spiro atoms. The summed E-state index contributed by atoms with van der Waals surface area (Å²) in [5, 5.41) is 2.63. The number of hydrogen-bond donors (Lipinski definition) is 1. The van der Waals surface area contributed by atoms with Crippen LogP contribution < -0.4 is 5.32 Å². The van der Waals surface area contributed by atoms with E-state index in [9.17, 15) is 4.79 Å². The lowest BCUT2D eigenvalue weighted by Crippen LogP contribution is -2.29. The Morgan fingerprint density at radius 3 is 2.46 bits per heavy atom. The van der Waals surface area contributed by atoms with E-state index in [0.29, 0.717) is 6.54 Å². The van der Waals surface area contributed by atoms with Crippen molar-refractivity contribution in [1.82, 2.24) is 10.2 Å². The molecule has 0 unspecified atom stereocenters. The lowest BCUT2D eigenvalue weighted by molar-refractivity contribution is -0.119. The Labute approximate surface area is 89.4 Å². The van der Waals surface area contributed by atoms with Gasteiger partial charge in [-0.15, -0.1) is 0 Å². The van der Waals surface area contributed by atoms with Crippen molar-refractivity contribution in [3.8, 4) is 0 Å². The van der Waals surface area contributed by atoms with Crippen LogP contribution in [-0.2, 0) is 4.79 Å². The summed E-state index contributed by atoms with van der Waals surface area (Å²) in [7, 11) is 4.04. The molecule has 0 rings (SSSR count). The minimum absolute atomic E-state index is 0.312. The highest BCUT2D eigenvalue weighted by Crippen LogP contribution is 2.00. The van der Waals surface area contributed by atoms with E-state index in [0.717, 1.165) is 19.4 Å². The molecule has 13 heavy (non-hydrogen) atoms. The number of rotatable bonds is 6. The maximum Gasteiger partial charge on any atom is 0.253 e. The fraction of sp³-hybridized carbons (Fsp3) is 0.875. The molecule has 0 aliphatic heterocycles. The van der Waals surface area contributed by atoms with Crippen LogP contribution in [0.2, 0.25) is 0 Å². The molecular weight excluding hydrogens is 211 g/mol. The highest BCUT2D eigenvalue weighted by Gasteiger charge is 2.09. The first-order valence-corrected chi connectivity index (χ1v) is 5.12. The van der Waals surface area contributed by atoms with E-state index in [4.69, 9.17) is 23.2 Å². The minimum atomic E-state index is -0.950. The van der Waals surface area contributed by atoms with Crippen LogP contribution in [0, 0.1) is 0 Å².